The van der Waals surface area contributed by atoms with Gasteiger partial charge in [0.2, 0.25) is 0 Å². The largest absolute Gasteiger partial charge is 0.316 e. The van der Waals surface area contributed by atoms with E-state index < -0.39 is 5.54 Å². The van der Waals surface area contributed by atoms with E-state index in [1.165, 1.54) is 5.71 Å². The molecular weight excluding hydrogens is 210 g/mol. The van der Waals surface area contributed by atoms with Crippen molar-refractivity contribution in [1.82, 2.24) is 0 Å². The first-order chi connectivity index (χ1) is 8.19. The minimum Gasteiger partial charge on any atom is -0.297 e. The zero-order valence-electron chi connectivity index (χ0n) is 10.9. The summed E-state index contributed by atoms with van der Waals surface area (Å²) in [5, 5.41) is 9.25. The van der Waals surface area contributed by atoms with Gasteiger partial charge in [0, 0.05) is 25.6 Å². The molecular formula is C14H21N3. The highest BCUT2D eigenvalue weighted by Crippen LogP contribution is 2.33. The third kappa shape index (κ3) is 3.56. The highest BCUT2D eigenvalue weighted by atomic mass is 14.8. The van der Waals surface area contributed by atoms with Gasteiger partial charge in [-0.2, -0.15) is 5.26 Å². The molecule has 0 aromatic rings. The highest BCUT2D eigenvalue weighted by molar-refractivity contribution is 5.84. The molecule has 92 valence electrons. The van der Waals surface area contributed by atoms with Gasteiger partial charge in [-0.25, -0.2) is 6.57 Å². The SMILES string of the molecule is [C-]#[N+]C(C#N)(CCC)CC1CCC(=NC)CC1. The van der Waals surface area contributed by atoms with E-state index >= 15 is 0 Å². The first-order valence-corrected chi connectivity index (χ1v) is 6.44. The number of nitrogens with zero attached hydrogens (tertiary/aromatic N) is 3. The molecule has 3 heteroatoms. The maximum atomic E-state index is 9.25. The Hall–Kier alpha value is -1.35. The van der Waals surface area contributed by atoms with E-state index in [9.17, 15) is 5.26 Å². The molecule has 0 aliphatic heterocycles. The minimum atomic E-state index is -0.764. The van der Waals surface area contributed by atoms with Crippen molar-refractivity contribution in [1.29, 1.82) is 5.26 Å². The van der Waals surface area contributed by atoms with Crippen LogP contribution in [0.5, 0.6) is 0 Å². The van der Waals surface area contributed by atoms with Crippen molar-refractivity contribution in [2.45, 2.75) is 57.4 Å². The van der Waals surface area contributed by atoms with Crippen LogP contribution in [0.3, 0.4) is 0 Å². The first kappa shape index (κ1) is 13.7. The van der Waals surface area contributed by atoms with E-state index in [2.05, 4.69) is 15.9 Å². The van der Waals surface area contributed by atoms with E-state index in [-0.39, 0.29) is 0 Å². The Morgan fingerprint density at radius 3 is 2.59 bits per heavy atom. The quantitative estimate of drug-likeness (QED) is 0.681. The summed E-state index contributed by atoms with van der Waals surface area (Å²) in [6.45, 7) is 9.33. The fourth-order valence-electron chi connectivity index (χ4n) is 2.66. The molecule has 1 unspecified atom stereocenters. The first-order valence-electron chi connectivity index (χ1n) is 6.44. The van der Waals surface area contributed by atoms with E-state index in [4.69, 9.17) is 6.57 Å². The van der Waals surface area contributed by atoms with Crippen molar-refractivity contribution in [3.8, 4) is 6.07 Å². The Bertz CT molecular complexity index is 333. The Labute approximate surface area is 104 Å². The Balaban J connectivity index is 2.59. The third-order valence-electron chi connectivity index (χ3n) is 3.71. The van der Waals surface area contributed by atoms with Crippen molar-refractivity contribution in [2.75, 3.05) is 7.05 Å². The second-order valence-electron chi connectivity index (χ2n) is 4.94. The molecule has 0 aromatic heterocycles. The molecule has 0 heterocycles. The zero-order chi connectivity index (χ0) is 12.7. The van der Waals surface area contributed by atoms with Crippen molar-refractivity contribution < 1.29 is 0 Å². The molecule has 0 radical (unpaired) electrons. The van der Waals surface area contributed by atoms with Crippen LogP contribution in [0.25, 0.3) is 4.85 Å². The van der Waals surface area contributed by atoms with E-state index in [0.717, 1.165) is 38.5 Å². The molecule has 0 spiro atoms. The van der Waals surface area contributed by atoms with E-state index in [1.807, 2.05) is 14.0 Å². The maximum absolute atomic E-state index is 9.25. The molecule has 3 nitrogen and oxygen atoms in total. The number of nitriles is 1. The molecule has 0 aromatic carbocycles. The Morgan fingerprint density at radius 2 is 2.18 bits per heavy atom. The normalized spacial score (nSPS) is 23.3. The van der Waals surface area contributed by atoms with Crippen LogP contribution in [0.1, 0.15) is 51.9 Å². The summed E-state index contributed by atoms with van der Waals surface area (Å²) in [5.74, 6) is 0.529. The zero-order valence-corrected chi connectivity index (χ0v) is 10.9. The van der Waals surface area contributed by atoms with Gasteiger partial charge >= 0.3 is 5.54 Å². The average molecular weight is 231 g/mol. The smallest absolute Gasteiger partial charge is 0.297 e. The molecule has 0 N–H and O–H groups in total. The number of hydrogen-bond acceptors (Lipinski definition) is 2. The summed E-state index contributed by atoms with van der Waals surface area (Å²) < 4.78 is 0. The molecule has 1 atom stereocenters. The fourth-order valence-corrected chi connectivity index (χ4v) is 2.66. The van der Waals surface area contributed by atoms with Crippen LogP contribution in [0.4, 0.5) is 0 Å². The van der Waals surface area contributed by atoms with Gasteiger partial charge in [-0.1, -0.05) is 6.92 Å². The molecule has 0 saturated heterocycles. The number of hydrogen-bond donors (Lipinski definition) is 0. The van der Waals surface area contributed by atoms with Gasteiger partial charge < -0.3 is 0 Å². The van der Waals surface area contributed by atoms with Gasteiger partial charge in [0.05, 0.1) is 0 Å². The van der Waals surface area contributed by atoms with Gasteiger partial charge in [-0.3, -0.25) is 9.84 Å². The van der Waals surface area contributed by atoms with Crippen LogP contribution in [-0.2, 0) is 0 Å². The second-order valence-corrected chi connectivity index (χ2v) is 4.94. The molecule has 0 amide bonds. The molecule has 1 aliphatic carbocycles. The lowest BCUT2D eigenvalue weighted by molar-refractivity contribution is 0.350. The van der Waals surface area contributed by atoms with Crippen LogP contribution in [0.15, 0.2) is 4.99 Å². The fraction of sp³-hybridized carbons (Fsp3) is 0.786. The molecule has 0 bridgehead atoms. The van der Waals surface area contributed by atoms with Gasteiger partial charge in [0.15, 0.2) is 6.07 Å². The van der Waals surface area contributed by atoms with Crippen LogP contribution in [-0.4, -0.2) is 18.3 Å². The minimum absolute atomic E-state index is 0.529. The lowest BCUT2D eigenvalue weighted by Crippen LogP contribution is -2.28. The van der Waals surface area contributed by atoms with Crippen molar-refractivity contribution in [2.24, 2.45) is 10.9 Å². The predicted octanol–water partition coefficient (Wildman–Crippen LogP) is 3.62. The third-order valence-corrected chi connectivity index (χ3v) is 3.71. The lowest BCUT2D eigenvalue weighted by Gasteiger charge is -2.25. The maximum Gasteiger partial charge on any atom is 0.316 e. The van der Waals surface area contributed by atoms with Gasteiger partial charge in [0.1, 0.15) is 0 Å². The topological polar surface area (TPSA) is 40.5 Å². The summed E-state index contributed by atoms with van der Waals surface area (Å²) in [7, 11) is 1.85. The van der Waals surface area contributed by atoms with Crippen molar-refractivity contribution in [3.63, 3.8) is 0 Å². The van der Waals surface area contributed by atoms with Crippen LogP contribution < -0.4 is 0 Å². The van der Waals surface area contributed by atoms with Crippen LogP contribution in [0, 0.1) is 23.8 Å². The van der Waals surface area contributed by atoms with E-state index in [1.54, 1.807) is 0 Å². The van der Waals surface area contributed by atoms with Crippen molar-refractivity contribution >= 4 is 5.71 Å². The van der Waals surface area contributed by atoms with Gasteiger partial charge in [-0.15, -0.1) is 0 Å². The second kappa shape index (κ2) is 6.40. The average Bonchev–Trinajstić information content (AvgIpc) is 2.39. The summed E-state index contributed by atoms with van der Waals surface area (Å²) in [6.07, 6.45) is 6.64. The molecule has 17 heavy (non-hydrogen) atoms. The van der Waals surface area contributed by atoms with Gasteiger partial charge in [0.25, 0.3) is 0 Å². The summed E-state index contributed by atoms with van der Waals surface area (Å²) in [5.41, 5.74) is 0.530. The summed E-state index contributed by atoms with van der Waals surface area (Å²) >= 11 is 0. The molecule has 1 aliphatic rings. The summed E-state index contributed by atoms with van der Waals surface area (Å²) in [6, 6.07) is 2.25. The molecule has 1 rings (SSSR count). The van der Waals surface area contributed by atoms with Gasteiger partial charge in [-0.05, 0) is 38.0 Å². The number of aliphatic imine (C=N–C) groups is 1. The molecule has 1 fully saturated rings. The predicted molar refractivity (Wildman–Crippen MR) is 69.8 cm³/mol. The summed E-state index contributed by atoms with van der Waals surface area (Å²) in [4.78, 5) is 7.87. The monoisotopic (exact) mass is 231 g/mol. The standard InChI is InChI=1S/C14H21N3/c1-4-9-14(11-15,17-3)10-12-5-7-13(16-2)8-6-12/h12H,4-10H2,1-2H3. The lowest BCUT2D eigenvalue weighted by atomic mass is 9.78. The van der Waals surface area contributed by atoms with Crippen LogP contribution in [0.2, 0.25) is 0 Å². The number of rotatable bonds is 4. The molecule has 1 saturated carbocycles. The Kier molecular flexibility index (Phi) is 5.16. The highest BCUT2D eigenvalue weighted by Gasteiger charge is 2.39. The van der Waals surface area contributed by atoms with E-state index in [0.29, 0.717) is 12.3 Å². The van der Waals surface area contributed by atoms with Crippen LogP contribution >= 0.6 is 0 Å². The van der Waals surface area contributed by atoms with Crippen molar-refractivity contribution in [3.05, 3.63) is 11.4 Å². The Morgan fingerprint density at radius 1 is 1.53 bits per heavy atom.